The molecule has 0 aromatic carbocycles. The summed E-state index contributed by atoms with van der Waals surface area (Å²) in [5.74, 6) is 0. The van der Waals surface area contributed by atoms with Crippen LogP contribution >= 0.6 is 0 Å². The van der Waals surface area contributed by atoms with Crippen molar-refractivity contribution in [1.29, 1.82) is 0 Å². The molecule has 0 unspecified atom stereocenters. The Bertz CT molecular complexity index is 10.8. The van der Waals surface area contributed by atoms with E-state index >= 15 is 0 Å². The molecule has 0 aliphatic rings. The maximum Gasteiger partial charge on any atom is 2.00 e. The van der Waals surface area contributed by atoms with Gasteiger partial charge in [0.25, 0.3) is 0 Å². The van der Waals surface area contributed by atoms with E-state index in [-0.39, 0.29) is 97.1 Å². The van der Waals surface area contributed by atoms with E-state index in [0.717, 1.165) is 0 Å². The number of hydrogen-bond donors (Lipinski definition) is 0. The summed E-state index contributed by atoms with van der Waals surface area (Å²) in [5.41, 5.74) is 0. The predicted molar refractivity (Wildman–Crippen MR) is 27.8 cm³/mol. The second kappa shape index (κ2) is 45.6. The Morgan fingerprint density at radius 2 is 0.667 bits per heavy atom. The van der Waals surface area contributed by atoms with Gasteiger partial charge < -0.3 is 40.5 Å². The summed E-state index contributed by atoms with van der Waals surface area (Å²) in [5, 5.41) is 0. The Kier molecular flexibility index (Phi) is 514. The van der Waals surface area contributed by atoms with Crippen LogP contribution < -0.4 is 0 Å². The standard InChI is InChI=1S/Cu.Mg.Ni.3S/q3*+2;3*-2. The maximum atomic E-state index is 0. The van der Waals surface area contributed by atoms with Crippen molar-refractivity contribution < 1.29 is 33.6 Å². The molecule has 0 saturated carbocycles. The van der Waals surface area contributed by atoms with Crippen molar-refractivity contribution in [2.45, 2.75) is 0 Å². The van der Waals surface area contributed by atoms with Crippen molar-refractivity contribution >= 4 is 63.5 Å². The molecule has 1 radical (unpaired) electrons. The zero-order valence-electron chi connectivity index (χ0n) is 2.55. The number of hydrogen-bond acceptors (Lipinski definition) is 0. The van der Waals surface area contributed by atoms with Gasteiger partial charge in [-0.1, -0.05) is 0 Å². The molecule has 0 N–H and O–H groups in total. The van der Waals surface area contributed by atoms with E-state index in [1.54, 1.807) is 0 Å². The van der Waals surface area contributed by atoms with Gasteiger partial charge in [-0.3, -0.25) is 0 Å². The molecule has 0 amide bonds. The van der Waals surface area contributed by atoms with Crippen LogP contribution in [0.3, 0.4) is 0 Å². The third kappa shape index (κ3) is 29.0. The van der Waals surface area contributed by atoms with Gasteiger partial charge in [0.1, 0.15) is 0 Å². The van der Waals surface area contributed by atoms with Crippen LogP contribution in [0.1, 0.15) is 0 Å². The van der Waals surface area contributed by atoms with Gasteiger partial charge in [-0.15, -0.1) is 0 Å². The molecule has 0 heterocycles. The number of rotatable bonds is 0. The molecule has 0 spiro atoms. The molecular formula is CuMgNiS3. The molecule has 0 nitrogen and oxygen atoms in total. The second-order valence-corrected chi connectivity index (χ2v) is 0. The Morgan fingerprint density at radius 3 is 0.667 bits per heavy atom. The third-order valence-corrected chi connectivity index (χ3v) is 0. The van der Waals surface area contributed by atoms with Crippen LogP contribution in [-0.4, -0.2) is 23.1 Å². The molecule has 0 aromatic rings. The summed E-state index contributed by atoms with van der Waals surface area (Å²) in [4.78, 5) is 0. The predicted octanol–water partition coefficient (Wildman–Crippen LogP) is -0.393. The summed E-state index contributed by atoms with van der Waals surface area (Å²) >= 11 is 0. The topological polar surface area (TPSA) is 0 Å². The molecule has 0 aliphatic heterocycles. The third-order valence-electron chi connectivity index (χ3n) is 0. The van der Waals surface area contributed by atoms with Crippen molar-refractivity contribution in [3.8, 4) is 0 Å². The van der Waals surface area contributed by atoms with Crippen molar-refractivity contribution in [2.75, 3.05) is 0 Å². The van der Waals surface area contributed by atoms with E-state index in [0.29, 0.717) is 0 Å². The quantitative estimate of drug-likeness (QED) is 0.508. The monoisotopic (exact) mass is 241 g/mol. The van der Waals surface area contributed by atoms with E-state index in [1.165, 1.54) is 0 Å². The van der Waals surface area contributed by atoms with Crippen molar-refractivity contribution in [3.63, 3.8) is 0 Å². The van der Waals surface area contributed by atoms with E-state index in [9.17, 15) is 0 Å². The molecule has 0 fully saturated rings. The normalized spacial score (nSPS) is 0. The molecule has 41 valence electrons. The zero-order chi connectivity index (χ0) is 0. The summed E-state index contributed by atoms with van der Waals surface area (Å²) < 4.78 is 0. The minimum absolute atomic E-state index is 0. The summed E-state index contributed by atoms with van der Waals surface area (Å²) in [7, 11) is 0. The van der Waals surface area contributed by atoms with Gasteiger partial charge in [0, 0.05) is 0 Å². The molecule has 0 atom stereocenters. The van der Waals surface area contributed by atoms with Crippen LogP contribution in [0.5, 0.6) is 0 Å². The van der Waals surface area contributed by atoms with Crippen molar-refractivity contribution in [2.24, 2.45) is 0 Å². The van der Waals surface area contributed by atoms with Gasteiger partial charge in [0.15, 0.2) is 0 Å². The fourth-order valence-corrected chi connectivity index (χ4v) is 0. The van der Waals surface area contributed by atoms with Gasteiger partial charge >= 0.3 is 56.6 Å². The Morgan fingerprint density at radius 1 is 0.667 bits per heavy atom. The van der Waals surface area contributed by atoms with Gasteiger partial charge in [0.2, 0.25) is 0 Å². The fraction of sp³-hybridized carbons (Fsp3) is 0. The fourth-order valence-electron chi connectivity index (χ4n) is 0. The van der Waals surface area contributed by atoms with E-state index in [1.807, 2.05) is 0 Å². The van der Waals surface area contributed by atoms with Crippen molar-refractivity contribution in [3.05, 3.63) is 0 Å². The van der Waals surface area contributed by atoms with Crippen molar-refractivity contribution in [1.82, 2.24) is 0 Å². The van der Waals surface area contributed by atoms with Gasteiger partial charge in [-0.25, -0.2) is 0 Å². The Hall–Kier alpha value is 2.83. The molecular weight excluding hydrogens is 243 g/mol. The average molecular weight is 243 g/mol. The first kappa shape index (κ1) is 67.6. The minimum Gasteiger partial charge on any atom is -2.00 e. The molecule has 6 heteroatoms. The van der Waals surface area contributed by atoms with Crippen LogP contribution in [0.25, 0.3) is 0 Å². The molecule has 6 heavy (non-hydrogen) atoms. The summed E-state index contributed by atoms with van der Waals surface area (Å²) in [6.07, 6.45) is 0. The van der Waals surface area contributed by atoms with E-state index < -0.39 is 0 Å². The second-order valence-electron chi connectivity index (χ2n) is 0. The van der Waals surface area contributed by atoms with E-state index in [2.05, 4.69) is 0 Å². The molecule has 0 aromatic heterocycles. The first-order chi connectivity index (χ1) is 0. The Balaban J connectivity index is 0. The van der Waals surface area contributed by atoms with Gasteiger partial charge in [0.05, 0.1) is 0 Å². The van der Waals surface area contributed by atoms with Crippen LogP contribution in [0.4, 0.5) is 0 Å². The SMILES string of the molecule is [Cu+2].[Mg+2].[Ni+2].[S-2].[S-2].[S-2]. The molecule has 0 saturated heterocycles. The van der Waals surface area contributed by atoms with Crippen LogP contribution in [0.2, 0.25) is 0 Å². The van der Waals surface area contributed by atoms with Crippen LogP contribution in [0, 0.1) is 0 Å². The zero-order valence-corrected chi connectivity index (χ0v) is 8.34. The van der Waals surface area contributed by atoms with Gasteiger partial charge in [-0.05, 0) is 0 Å². The largest absolute Gasteiger partial charge is 2.00 e. The van der Waals surface area contributed by atoms with Gasteiger partial charge in [-0.2, -0.15) is 0 Å². The smallest absolute Gasteiger partial charge is 2.00 e. The Labute approximate surface area is 95.9 Å². The van der Waals surface area contributed by atoms with E-state index in [4.69, 9.17) is 0 Å². The summed E-state index contributed by atoms with van der Waals surface area (Å²) in [6.45, 7) is 0. The average Bonchev–Trinajstić information content (AvgIpc) is 0. The summed E-state index contributed by atoms with van der Waals surface area (Å²) in [6, 6.07) is 0. The van der Waals surface area contributed by atoms with Crippen LogP contribution in [-0.2, 0) is 74.0 Å². The first-order valence-electron chi connectivity index (χ1n) is 0. The van der Waals surface area contributed by atoms with Crippen LogP contribution in [0.15, 0.2) is 0 Å². The maximum absolute atomic E-state index is 0. The molecule has 0 rings (SSSR count). The first-order valence-corrected chi connectivity index (χ1v) is 0. The minimum atomic E-state index is 0. The molecule has 0 bridgehead atoms. The molecule has 0 aliphatic carbocycles.